The van der Waals surface area contributed by atoms with Crippen LogP contribution in [0.25, 0.3) is 5.69 Å². The Hall–Kier alpha value is -2.86. The summed E-state index contributed by atoms with van der Waals surface area (Å²) < 4.78 is 12.6. The van der Waals surface area contributed by atoms with Crippen LogP contribution in [0.15, 0.2) is 54.9 Å². The summed E-state index contributed by atoms with van der Waals surface area (Å²) in [5, 5.41) is 11.6. The minimum absolute atomic E-state index is 0.593. The number of benzene rings is 2. The molecule has 0 saturated carbocycles. The lowest BCUT2D eigenvalue weighted by Gasteiger charge is -2.12. The number of nitrogens with zero attached hydrogens (tertiary/aromatic N) is 3. The van der Waals surface area contributed by atoms with Gasteiger partial charge in [0, 0.05) is 17.8 Å². The van der Waals surface area contributed by atoms with Gasteiger partial charge in [0.25, 0.3) is 0 Å². The molecule has 0 saturated heterocycles. The molecular weight excluding hydrogens is 304 g/mol. The van der Waals surface area contributed by atoms with E-state index >= 15 is 0 Å². The summed E-state index contributed by atoms with van der Waals surface area (Å²) in [6.45, 7) is 1.23. The van der Waals surface area contributed by atoms with Gasteiger partial charge in [-0.2, -0.15) is 0 Å². The zero-order valence-electron chi connectivity index (χ0n) is 13.8. The van der Waals surface area contributed by atoms with Crippen molar-refractivity contribution in [2.75, 3.05) is 14.2 Å². The second-order valence-electron chi connectivity index (χ2n) is 5.23. The number of nitrogens with one attached hydrogen (secondary N) is 1. The summed E-state index contributed by atoms with van der Waals surface area (Å²) in [6.07, 6.45) is 1.72. The van der Waals surface area contributed by atoms with Crippen molar-refractivity contribution in [3.8, 4) is 17.2 Å². The molecule has 1 N–H and O–H groups in total. The molecular formula is C18H20N4O2. The van der Waals surface area contributed by atoms with E-state index in [1.807, 2.05) is 53.1 Å². The van der Waals surface area contributed by atoms with Crippen LogP contribution < -0.4 is 14.8 Å². The molecule has 1 aromatic heterocycles. The zero-order chi connectivity index (χ0) is 16.8. The normalized spacial score (nSPS) is 10.6. The molecule has 2 aromatic carbocycles. The van der Waals surface area contributed by atoms with Crippen LogP contribution in [0.3, 0.4) is 0 Å². The van der Waals surface area contributed by atoms with Crippen molar-refractivity contribution in [2.45, 2.75) is 13.1 Å². The van der Waals surface area contributed by atoms with E-state index in [9.17, 15) is 0 Å². The Morgan fingerprint density at radius 2 is 1.83 bits per heavy atom. The summed E-state index contributed by atoms with van der Waals surface area (Å²) in [5.74, 6) is 2.48. The molecule has 0 spiro atoms. The van der Waals surface area contributed by atoms with Crippen molar-refractivity contribution < 1.29 is 9.47 Å². The van der Waals surface area contributed by atoms with Crippen molar-refractivity contribution in [2.24, 2.45) is 0 Å². The highest BCUT2D eigenvalue weighted by atomic mass is 16.5. The van der Waals surface area contributed by atoms with Crippen molar-refractivity contribution in [3.05, 3.63) is 66.2 Å². The number of methoxy groups -OCH3 is 2. The van der Waals surface area contributed by atoms with E-state index in [-0.39, 0.29) is 0 Å². The molecule has 1 heterocycles. The van der Waals surface area contributed by atoms with Gasteiger partial charge in [-0.1, -0.05) is 18.2 Å². The maximum atomic E-state index is 5.40. The molecule has 6 nitrogen and oxygen atoms in total. The van der Waals surface area contributed by atoms with E-state index in [2.05, 4.69) is 15.5 Å². The van der Waals surface area contributed by atoms with Crippen LogP contribution in [0.1, 0.15) is 11.4 Å². The minimum atomic E-state index is 0.593. The Morgan fingerprint density at radius 1 is 1.00 bits per heavy atom. The van der Waals surface area contributed by atoms with E-state index in [1.54, 1.807) is 20.5 Å². The van der Waals surface area contributed by atoms with Crippen molar-refractivity contribution >= 4 is 0 Å². The second-order valence-corrected chi connectivity index (χ2v) is 5.23. The van der Waals surface area contributed by atoms with Crippen LogP contribution in [-0.2, 0) is 13.1 Å². The monoisotopic (exact) mass is 324 g/mol. The number of para-hydroxylation sites is 1. The highest BCUT2D eigenvalue weighted by Gasteiger charge is 2.08. The SMILES string of the molecule is COc1ccc(OC)c(CNCc2nncn2-c2ccccc2)c1. The fourth-order valence-electron chi connectivity index (χ4n) is 2.51. The summed E-state index contributed by atoms with van der Waals surface area (Å²) in [5.41, 5.74) is 2.07. The van der Waals surface area contributed by atoms with Crippen LogP contribution in [0, 0.1) is 0 Å². The van der Waals surface area contributed by atoms with Gasteiger partial charge in [-0.05, 0) is 30.3 Å². The molecule has 3 rings (SSSR count). The second kappa shape index (κ2) is 7.61. The Labute approximate surface area is 141 Å². The van der Waals surface area contributed by atoms with Crippen LogP contribution in [-0.4, -0.2) is 29.0 Å². The number of aromatic nitrogens is 3. The highest BCUT2D eigenvalue weighted by Crippen LogP contribution is 2.23. The molecule has 124 valence electrons. The molecule has 0 radical (unpaired) electrons. The Kier molecular flexibility index (Phi) is 5.08. The minimum Gasteiger partial charge on any atom is -0.497 e. The first-order chi connectivity index (χ1) is 11.8. The molecule has 0 atom stereocenters. The average Bonchev–Trinajstić information content (AvgIpc) is 3.11. The van der Waals surface area contributed by atoms with E-state index in [4.69, 9.17) is 9.47 Å². The Morgan fingerprint density at radius 3 is 2.58 bits per heavy atom. The summed E-state index contributed by atoms with van der Waals surface area (Å²) in [6, 6.07) is 15.8. The predicted molar refractivity (Wildman–Crippen MR) is 91.4 cm³/mol. The van der Waals surface area contributed by atoms with Gasteiger partial charge < -0.3 is 14.8 Å². The number of ether oxygens (including phenoxy) is 2. The van der Waals surface area contributed by atoms with Gasteiger partial charge in [0.1, 0.15) is 17.8 Å². The predicted octanol–water partition coefficient (Wildman–Crippen LogP) is 2.57. The van der Waals surface area contributed by atoms with E-state index < -0.39 is 0 Å². The van der Waals surface area contributed by atoms with Crippen molar-refractivity contribution in [3.63, 3.8) is 0 Å². The molecule has 0 unspecified atom stereocenters. The first-order valence-electron chi connectivity index (χ1n) is 7.67. The molecule has 0 aliphatic rings. The third-order valence-corrected chi connectivity index (χ3v) is 3.74. The molecule has 3 aromatic rings. The first-order valence-corrected chi connectivity index (χ1v) is 7.67. The standard InChI is InChI=1S/C18H20N4O2/c1-23-16-8-9-17(24-2)14(10-16)11-19-12-18-21-20-13-22(18)15-6-4-3-5-7-15/h3-10,13,19H,11-12H2,1-2H3. The number of rotatable bonds is 7. The molecule has 6 heteroatoms. The van der Waals surface area contributed by atoms with E-state index in [0.29, 0.717) is 13.1 Å². The lowest BCUT2D eigenvalue weighted by Crippen LogP contribution is -2.16. The van der Waals surface area contributed by atoms with E-state index in [0.717, 1.165) is 28.6 Å². The third-order valence-electron chi connectivity index (χ3n) is 3.74. The van der Waals surface area contributed by atoms with Crippen LogP contribution in [0.2, 0.25) is 0 Å². The van der Waals surface area contributed by atoms with Gasteiger partial charge in [-0.3, -0.25) is 4.57 Å². The van der Waals surface area contributed by atoms with E-state index in [1.165, 1.54) is 0 Å². The number of hydrogen-bond acceptors (Lipinski definition) is 5. The lowest BCUT2D eigenvalue weighted by molar-refractivity contribution is 0.397. The topological polar surface area (TPSA) is 61.2 Å². The van der Waals surface area contributed by atoms with Crippen molar-refractivity contribution in [1.29, 1.82) is 0 Å². The summed E-state index contributed by atoms with van der Waals surface area (Å²) >= 11 is 0. The quantitative estimate of drug-likeness (QED) is 0.724. The maximum absolute atomic E-state index is 5.40. The smallest absolute Gasteiger partial charge is 0.151 e. The number of hydrogen-bond donors (Lipinski definition) is 1. The first kappa shape index (κ1) is 16.0. The zero-order valence-corrected chi connectivity index (χ0v) is 13.8. The summed E-state index contributed by atoms with van der Waals surface area (Å²) in [7, 11) is 3.32. The summed E-state index contributed by atoms with van der Waals surface area (Å²) in [4.78, 5) is 0. The fraction of sp³-hybridized carbons (Fsp3) is 0.222. The van der Waals surface area contributed by atoms with Gasteiger partial charge in [-0.25, -0.2) is 0 Å². The van der Waals surface area contributed by atoms with Crippen LogP contribution in [0.4, 0.5) is 0 Å². The molecule has 0 fully saturated rings. The molecule has 0 amide bonds. The van der Waals surface area contributed by atoms with Gasteiger partial charge in [0.15, 0.2) is 5.82 Å². The fourth-order valence-corrected chi connectivity index (χ4v) is 2.51. The van der Waals surface area contributed by atoms with Gasteiger partial charge in [0.05, 0.1) is 20.8 Å². The van der Waals surface area contributed by atoms with Gasteiger partial charge in [-0.15, -0.1) is 10.2 Å². The largest absolute Gasteiger partial charge is 0.497 e. The Balaban J connectivity index is 1.69. The van der Waals surface area contributed by atoms with Crippen LogP contribution >= 0.6 is 0 Å². The van der Waals surface area contributed by atoms with Gasteiger partial charge >= 0.3 is 0 Å². The van der Waals surface area contributed by atoms with Crippen molar-refractivity contribution in [1.82, 2.24) is 20.1 Å². The van der Waals surface area contributed by atoms with Gasteiger partial charge in [0.2, 0.25) is 0 Å². The molecule has 0 aliphatic heterocycles. The third kappa shape index (κ3) is 3.55. The Bertz CT molecular complexity index is 787. The lowest BCUT2D eigenvalue weighted by atomic mass is 10.2. The maximum Gasteiger partial charge on any atom is 0.151 e. The molecule has 24 heavy (non-hydrogen) atoms. The molecule has 0 aliphatic carbocycles. The average molecular weight is 324 g/mol. The van der Waals surface area contributed by atoms with Crippen LogP contribution in [0.5, 0.6) is 11.5 Å². The molecule has 0 bridgehead atoms. The highest BCUT2D eigenvalue weighted by molar-refractivity contribution is 5.40.